The molecule has 0 radical (unpaired) electrons. The molecule has 0 bridgehead atoms. The maximum atomic E-state index is 10.8. The lowest BCUT2D eigenvalue weighted by molar-refractivity contribution is 0.0660. The van der Waals surface area contributed by atoms with E-state index >= 15 is 0 Å². The van der Waals surface area contributed by atoms with Crippen molar-refractivity contribution in [3.05, 3.63) is 42.2 Å². The molecule has 0 unspecified atom stereocenters. The van der Waals surface area contributed by atoms with Crippen LogP contribution in [0.3, 0.4) is 0 Å². The minimum Gasteiger partial charge on any atom is -0.504 e. The highest BCUT2D eigenvalue weighted by Crippen LogP contribution is 2.34. The summed E-state index contributed by atoms with van der Waals surface area (Å²) < 4.78 is 5.12. The van der Waals surface area contributed by atoms with Crippen molar-refractivity contribution in [2.75, 3.05) is 0 Å². The van der Waals surface area contributed by atoms with Gasteiger partial charge in [-0.25, -0.2) is 4.79 Å². The van der Waals surface area contributed by atoms with E-state index in [9.17, 15) is 9.90 Å². The van der Waals surface area contributed by atoms with Crippen LogP contribution in [-0.4, -0.2) is 16.2 Å². The number of rotatable bonds is 1. The monoisotopic (exact) mass is 228 g/mol. The van der Waals surface area contributed by atoms with Crippen LogP contribution >= 0.6 is 0 Å². The Morgan fingerprint density at radius 2 is 1.76 bits per heavy atom. The fourth-order valence-corrected chi connectivity index (χ4v) is 1.91. The number of fused-ring (bicyclic) bond motifs is 2. The van der Waals surface area contributed by atoms with Crippen molar-refractivity contribution >= 4 is 27.7 Å². The average molecular weight is 228 g/mol. The van der Waals surface area contributed by atoms with E-state index in [1.165, 1.54) is 0 Å². The molecule has 0 saturated carbocycles. The van der Waals surface area contributed by atoms with E-state index in [1.54, 1.807) is 12.1 Å². The molecular formula is C13H8O4. The molecule has 0 fully saturated rings. The van der Waals surface area contributed by atoms with Crippen LogP contribution in [0.25, 0.3) is 21.7 Å². The van der Waals surface area contributed by atoms with Gasteiger partial charge in [-0.05, 0) is 22.9 Å². The van der Waals surface area contributed by atoms with Crippen molar-refractivity contribution < 1.29 is 19.4 Å². The minimum atomic E-state index is -1.28. The Kier molecular flexibility index (Phi) is 1.86. The van der Waals surface area contributed by atoms with E-state index in [0.29, 0.717) is 11.0 Å². The van der Waals surface area contributed by atoms with Crippen LogP contribution in [0.4, 0.5) is 0 Å². The van der Waals surface area contributed by atoms with Gasteiger partial charge in [0, 0.05) is 0 Å². The van der Waals surface area contributed by atoms with E-state index in [-0.39, 0.29) is 5.75 Å². The summed E-state index contributed by atoms with van der Waals surface area (Å²) in [5, 5.41) is 20.9. The standard InChI is InChI=1S/C13H8O4/c14-11-9-5-7-3-1-2-4-8(7)6-10(9)17-12(11)13(15)16/h1-6,14H,(H,15,16). The van der Waals surface area contributed by atoms with E-state index in [2.05, 4.69) is 0 Å². The first kappa shape index (κ1) is 9.72. The normalized spacial score (nSPS) is 11.1. The lowest BCUT2D eigenvalue weighted by atomic mass is 10.1. The molecule has 84 valence electrons. The zero-order valence-corrected chi connectivity index (χ0v) is 8.68. The van der Waals surface area contributed by atoms with Gasteiger partial charge in [0.15, 0.2) is 5.75 Å². The number of aromatic hydroxyl groups is 1. The summed E-state index contributed by atoms with van der Waals surface area (Å²) in [6.45, 7) is 0. The van der Waals surface area contributed by atoms with Crippen LogP contribution in [-0.2, 0) is 0 Å². The predicted molar refractivity (Wildman–Crippen MR) is 62.3 cm³/mol. The Morgan fingerprint density at radius 3 is 2.41 bits per heavy atom. The van der Waals surface area contributed by atoms with Gasteiger partial charge in [0.05, 0.1) is 5.39 Å². The van der Waals surface area contributed by atoms with Crippen molar-refractivity contribution in [2.24, 2.45) is 0 Å². The predicted octanol–water partition coefficient (Wildman–Crippen LogP) is 2.99. The third kappa shape index (κ3) is 1.34. The van der Waals surface area contributed by atoms with Gasteiger partial charge in [0.1, 0.15) is 5.58 Å². The molecule has 2 aromatic carbocycles. The quantitative estimate of drug-likeness (QED) is 0.671. The molecule has 1 heterocycles. The summed E-state index contributed by atoms with van der Waals surface area (Å²) in [6.07, 6.45) is 0. The molecule has 0 aliphatic heterocycles. The smallest absolute Gasteiger partial charge is 0.375 e. The molecule has 0 atom stereocenters. The number of carboxylic acids is 1. The number of hydrogen-bond donors (Lipinski definition) is 2. The molecule has 0 spiro atoms. The van der Waals surface area contributed by atoms with Gasteiger partial charge in [-0.1, -0.05) is 24.3 Å². The summed E-state index contributed by atoms with van der Waals surface area (Å²) in [4.78, 5) is 10.8. The maximum Gasteiger partial charge on any atom is 0.375 e. The third-order valence-electron chi connectivity index (χ3n) is 2.72. The highest BCUT2D eigenvalue weighted by molar-refractivity contribution is 6.03. The second-order valence-electron chi connectivity index (χ2n) is 3.78. The summed E-state index contributed by atoms with van der Waals surface area (Å²) >= 11 is 0. The summed E-state index contributed by atoms with van der Waals surface area (Å²) in [6, 6.07) is 11.0. The highest BCUT2D eigenvalue weighted by atomic mass is 16.4. The fraction of sp³-hybridized carbons (Fsp3) is 0. The van der Waals surface area contributed by atoms with Crippen LogP contribution in [0.1, 0.15) is 10.6 Å². The van der Waals surface area contributed by atoms with E-state index in [0.717, 1.165) is 10.8 Å². The SMILES string of the molecule is O=C(O)c1oc2cc3ccccc3cc2c1O. The van der Waals surface area contributed by atoms with Crippen LogP contribution in [0.5, 0.6) is 5.75 Å². The van der Waals surface area contributed by atoms with Gasteiger partial charge in [-0.3, -0.25) is 0 Å². The van der Waals surface area contributed by atoms with Crippen molar-refractivity contribution in [3.8, 4) is 5.75 Å². The Bertz CT molecular complexity index is 740. The molecule has 3 rings (SSSR count). The van der Waals surface area contributed by atoms with Crippen molar-refractivity contribution in [3.63, 3.8) is 0 Å². The lowest BCUT2D eigenvalue weighted by Gasteiger charge is -1.96. The Balaban J connectivity index is 2.44. The molecule has 2 N–H and O–H groups in total. The fourth-order valence-electron chi connectivity index (χ4n) is 1.91. The summed E-state index contributed by atoms with van der Waals surface area (Å²) in [5.74, 6) is -2.02. The lowest BCUT2D eigenvalue weighted by Crippen LogP contribution is -1.92. The summed E-state index contributed by atoms with van der Waals surface area (Å²) in [7, 11) is 0. The molecule has 0 amide bonds. The third-order valence-corrected chi connectivity index (χ3v) is 2.72. The Hall–Kier alpha value is -2.49. The number of carboxylic acid groups (broad SMARTS) is 1. The summed E-state index contributed by atoms with van der Waals surface area (Å²) in [5.41, 5.74) is 0.374. The molecule has 4 heteroatoms. The second-order valence-corrected chi connectivity index (χ2v) is 3.78. The minimum absolute atomic E-state index is 0.321. The average Bonchev–Trinajstić information content (AvgIpc) is 2.64. The number of benzene rings is 2. The van der Waals surface area contributed by atoms with Gasteiger partial charge in [-0.15, -0.1) is 0 Å². The number of furan rings is 1. The van der Waals surface area contributed by atoms with E-state index < -0.39 is 11.7 Å². The molecule has 3 aromatic rings. The van der Waals surface area contributed by atoms with Crippen LogP contribution in [0, 0.1) is 0 Å². The van der Waals surface area contributed by atoms with Gasteiger partial charge in [0.25, 0.3) is 5.76 Å². The van der Waals surface area contributed by atoms with Gasteiger partial charge in [0.2, 0.25) is 0 Å². The first-order chi connectivity index (χ1) is 8.16. The van der Waals surface area contributed by atoms with E-state index in [1.807, 2.05) is 24.3 Å². The molecule has 17 heavy (non-hydrogen) atoms. The zero-order valence-electron chi connectivity index (χ0n) is 8.68. The Labute approximate surface area is 95.7 Å². The van der Waals surface area contributed by atoms with Crippen molar-refractivity contribution in [1.82, 2.24) is 0 Å². The largest absolute Gasteiger partial charge is 0.504 e. The topological polar surface area (TPSA) is 70.7 Å². The van der Waals surface area contributed by atoms with Crippen LogP contribution in [0.15, 0.2) is 40.8 Å². The van der Waals surface area contributed by atoms with Crippen LogP contribution in [0.2, 0.25) is 0 Å². The van der Waals surface area contributed by atoms with Gasteiger partial charge in [-0.2, -0.15) is 0 Å². The first-order valence-electron chi connectivity index (χ1n) is 5.04. The van der Waals surface area contributed by atoms with Crippen LogP contribution < -0.4 is 0 Å². The van der Waals surface area contributed by atoms with Gasteiger partial charge < -0.3 is 14.6 Å². The van der Waals surface area contributed by atoms with Crippen molar-refractivity contribution in [2.45, 2.75) is 0 Å². The first-order valence-corrected chi connectivity index (χ1v) is 5.04. The number of hydrogen-bond acceptors (Lipinski definition) is 3. The molecule has 4 nitrogen and oxygen atoms in total. The number of carbonyl (C=O) groups is 1. The zero-order chi connectivity index (χ0) is 12.0. The molecule has 0 aliphatic rings. The van der Waals surface area contributed by atoms with E-state index in [4.69, 9.17) is 9.52 Å². The maximum absolute atomic E-state index is 10.8. The molecule has 1 aromatic heterocycles. The second kappa shape index (κ2) is 3.25. The highest BCUT2D eigenvalue weighted by Gasteiger charge is 2.19. The van der Waals surface area contributed by atoms with Gasteiger partial charge >= 0.3 is 5.97 Å². The molecule has 0 saturated heterocycles. The Morgan fingerprint density at radius 1 is 1.12 bits per heavy atom. The number of aromatic carboxylic acids is 1. The molecule has 0 aliphatic carbocycles. The van der Waals surface area contributed by atoms with Crippen molar-refractivity contribution in [1.29, 1.82) is 0 Å². The molecular weight excluding hydrogens is 220 g/mol.